The van der Waals surface area contributed by atoms with Crippen LogP contribution in [0.2, 0.25) is 0 Å². The number of nitrogens with zero attached hydrogens (tertiary/aromatic N) is 1. The molecule has 2 heterocycles. The van der Waals surface area contributed by atoms with Gasteiger partial charge in [0.05, 0.1) is 27.7 Å². The number of amides is 1. The summed E-state index contributed by atoms with van der Waals surface area (Å²) in [6.07, 6.45) is 7.84. The van der Waals surface area contributed by atoms with Gasteiger partial charge in [-0.05, 0) is 38.0 Å². The number of aliphatic hydroxyl groups excluding tert-OH is 1. The van der Waals surface area contributed by atoms with E-state index in [-0.39, 0.29) is 23.9 Å². The SMILES string of the molecule is CN/C(C(=O)NC1(CO)CCOCC1)=C1/C=C(OCc2cnc(C)s2)C=CC1=N. The van der Waals surface area contributed by atoms with E-state index < -0.39 is 5.54 Å². The van der Waals surface area contributed by atoms with Gasteiger partial charge in [-0.2, -0.15) is 0 Å². The van der Waals surface area contributed by atoms with Gasteiger partial charge in [0.1, 0.15) is 18.1 Å². The highest BCUT2D eigenvalue weighted by Gasteiger charge is 2.34. The molecule has 0 bridgehead atoms. The van der Waals surface area contributed by atoms with Gasteiger partial charge in [-0.25, -0.2) is 4.98 Å². The quantitative estimate of drug-likeness (QED) is 0.500. The van der Waals surface area contributed by atoms with Gasteiger partial charge in [0.15, 0.2) is 0 Å². The summed E-state index contributed by atoms with van der Waals surface area (Å²) in [7, 11) is 1.64. The number of nitrogens with one attached hydrogen (secondary N) is 3. The Labute approximate surface area is 173 Å². The lowest BCUT2D eigenvalue weighted by atomic mass is 9.90. The number of carbonyl (C=O) groups is 1. The molecule has 1 aliphatic heterocycles. The summed E-state index contributed by atoms with van der Waals surface area (Å²) in [5, 5.41) is 24.9. The second-order valence-electron chi connectivity index (χ2n) is 6.97. The third-order valence-corrected chi connectivity index (χ3v) is 5.81. The van der Waals surface area contributed by atoms with Crippen molar-refractivity contribution in [3.63, 3.8) is 0 Å². The van der Waals surface area contributed by atoms with Gasteiger partial charge in [-0.1, -0.05) is 0 Å². The van der Waals surface area contributed by atoms with Crippen LogP contribution in [-0.4, -0.2) is 54.1 Å². The predicted octanol–water partition coefficient (Wildman–Crippen LogP) is 1.57. The molecule has 4 N–H and O–H groups in total. The largest absolute Gasteiger partial charge is 0.488 e. The number of thiazole rings is 1. The molecule has 29 heavy (non-hydrogen) atoms. The number of aryl methyl sites for hydroxylation is 1. The fourth-order valence-electron chi connectivity index (χ4n) is 3.21. The van der Waals surface area contributed by atoms with Crippen LogP contribution >= 0.6 is 11.3 Å². The number of hydrogen-bond donors (Lipinski definition) is 4. The van der Waals surface area contributed by atoms with Crippen LogP contribution in [0.4, 0.5) is 0 Å². The van der Waals surface area contributed by atoms with Crippen molar-refractivity contribution in [3.05, 3.63) is 51.3 Å². The maximum absolute atomic E-state index is 13.0. The standard InChI is InChI=1S/C20H26N4O4S/c1-13-23-10-15(29-13)11-28-14-3-4-17(21)16(9-14)18(22-2)19(26)24-20(12-25)5-7-27-8-6-20/h3-4,9-10,21-22,25H,5-8,11-12H2,1-2H3,(H,24,26)/b18-16-,21-17?. The molecule has 0 radical (unpaired) electrons. The first-order valence-electron chi connectivity index (χ1n) is 9.42. The summed E-state index contributed by atoms with van der Waals surface area (Å²) >= 11 is 1.56. The van der Waals surface area contributed by atoms with E-state index in [2.05, 4.69) is 15.6 Å². The Morgan fingerprint density at radius 1 is 1.41 bits per heavy atom. The average molecular weight is 419 g/mol. The smallest absolute Gasteiger partial charge is 0.268 e. The van der Waals surface area contributed by atoms with Crippen molar-refractivity contribution in [2.24, 2.45) is 0 Å². The Morgan fingerprint density at radius 2 is 2.17 bits per heavy atom. The molecule has 8 nitrogen and oxygen atoms in total. The van der Waals surface area contributed by atoms with Gasteiger partial charge in [0.25, 0.3) is 5.91 Å². The van der Waals surface area contributed by atoms with Crippen LogP contribution in [0.25, 0.3) is 0 Å². The van der Waals surface area contributed by atoms with E-state index >= 15 is 0 Å². The Balaban J connectivity index is 1.78. The number of rotatable bonds is 7. The third-order valence-electron chi connectivity index (χ3n) is 4.92. The molecule has 0 saturated carbocycles. The minimum atomic E-state index is -0.711. The fourth-order valence-corrected chi connectivity index (χ4v) is 3.91. The van der Waals surface area contributed by atoms with E-state index in [0.717, 1.165) is 9.88 Å². The maximum atomic E-state index is 13.0. The van der Waals surface area contributed by atoms with Crippen molar-refractivity contribution in [2.45, 2.75) is 31.9 Å². The molecule has 156 valence electrons. The van der Waals surface area contributed by atoms with Crippen molar-refractivity contribution in [3.8, 4) is 0 Å². The van der Waals surface area contributed by atoms with Crippen LogP contribution in [0, 0.1) is 12.3 Å². The molecule has 0 unspecified atom stereocenters. The van der Waals surface area contributed by atoms with Crippen molar-refractivity contribution >= 4 is 23.0 Å². The molecule has 1 fully saturated rings. The molecule has 0 atom stereocenters. The second kappa shape index (κ2) is 9.34. The number of aromatic nitrogens is 1. The van der Waals surface area contributed by atoms with Crippen molar-refractivity contribution < 1.29 is 19.4 Å². The Hall–Kier alpha value is -2.49. The number of carbonyl (C=O) groups excluding carboxylic acids is 1. The summed E-state index contributed by atoms with van der Waals surface area (Å²) in [4.78, 5) is 18.2. The second-order valence-corrected chi connectivity index (χ2v) is 8.29. The number of aliphatic hydroxyl groups is 1. The molecule has 1 amide bonds. The molecule has 0 aromatic carbocycles. The van der Waals surface area contributed by atoms with Crippen LogP contribution in [0.5, 0.6) is 0 Å². The molecule has 3 rings (SSSR count). The maximum Gasteiger partial charge on any atom is 0.268 e. The zero-order valence-corrected chi connectivity index (χ0v) is 17.4. The van der Waals surface area contributed by atoms with Crippen molar-refractivity contribution in [1.82, 2.24) is 15.6 Å². The average Bonchev–Trinajstić information content (AvgIpc) is 3.14. The van der Waals surface area contributed by atoms with Crippen LogP contribution < -0.4 is 10.6 Å². The first-order valence-corrected chi connectivity index (χ1v) is 10.2. The van der Waals surface area contributed by atoms with Crippen LogP contribution in [0.15, 0.2) is 41.5 Å². The highest BCUT2D eigenvalue weighted by Crippen LogP contribution is 2.23. The van der Waals surface area contributed by atoms with Gasteiger partial charge < -0.3 is 30.6 Å². The lowest BCUT2D eigenvalue weighted by Gasteiger charge is -2.36. The zero-order valence-electron chi connectivity index (χ0n) is 16.6. The van der Waals surface area contributed by atoms with E-state index in [1.54, 1.807) is 42.8 Å². The van der Waals surface area contributed by atoms with E-state index in [0.29, 0.717) is 44.0 Å². The number of likely N-dealkylation sites (N-methyl/N-ethyl adjacent to an activating group) is 1. The highest BCUT2D eigenvalue weighted by atomic mass is 32.1. The first-order chi connectivity index (χ1) is 14.0. The summed E-state index contributed by atoms with van der Waals surface area (Å²) in [5.41, 5.74) is 0.185. The summed E-state index contributed by atoms with van der Waals surface area (Å²) in [6.45, 7) is 3.12. The molecular formula is C20H26N4O4S. The van der Waals surface area contributed by atoms with Crippen LogP contribution in [0.1, 0.15) is 22.7 Å². The van der Waals surface area contributed by atoms with Crippen molar-refractivity contribution in [2.75, 3.05) is 26.9 Å². The summed E-state index contributed by atoms with van der Waals surface area (Å²) in [6, 6.07) is 0. The molecule has 1 saturated heterocycles. The Morgan fingerprint density at radius 3 is 2.79 bits per heavy atom. The first kappa shape index (κ1) is 21.2. The van der Waals surface area contributed by atoms with E-state index in [9.17, 15) is 9.90 Å². The monoisotopic (exact) mass is 418 g/mol. The summed E-state index contributed by atoms with van der Waals surface area (Å²) in [5.74, 6) is 0.192. The van der Waals surface area contributed by atoms with Gasteiger partial charge in [-0.3, -0.25) is 4.79 Å². The number of hydrogen-bond acceptors (Lipinski definition) is 8. The third kappa shape index (κ3) is 5.11. The number of ether oxygens (including phenoxy) is 2. The highest BCUT2D eigenvalue weighted by molar-refractivity contribution is 7.11. The zero-order chi connectivity index (χ0) is 20.9. The number of allylic oxidation sites excluding steroid dienone is 4. The Kier molecular flexibility index (Phi) is 6.83. The molecule has 1 aromatic rings. The lowest BCUT2D eigenvalue weighted by Crippen LogP contribution is -2.55. The normalized spacial score (nSPS) is 20.1. The molecule has 1 aliphatic carbocycles. The molecule has 2 aliphatic rings. The minimum Gasteiger partial charge on any atom is -0.488 e. The van der Waals surface area contributed by atoms with E-state index in [4.69, 9.17) is 14.9 Å². The minimum absolute atomic E-state index is 0.162. The summed E-state index contributed by atoms with van der Waals surface area (Å²) < 4.78 is 11.2. The molecular weight excluding hydrogens is 392 g/mol. The van der Waals surface area contributed by atoms with Gasteiger partial charge in [0.2, 0.25) is 0 Å². The van der Waals surface area contributed by atoms with Crippen LogP contribution in [0.3, 0.4) is 0 Å². The molecule has 9 heteroatoms. The van der Waals surface area contributed by atoms with Crippen molar-refractivity contribution in [1.29, 1.82) is 5.41 Å². The Bertz CT molecular complexity index is 866. The van der Waals surface area contributed by atoms with Gasteiger partial charge in [-0.15, -0.1) is 11.3 Å². The predicted molar refractivity (Wildman–Crippen MR) is 111 cm³/mol. The fraction of sp³-hybridized carbons (Fsp3) is 0.450. The molecule has 1 aromatic heterocycles. The van der Waals surface area contributed by atoms with E-state index in [1.165, 1.54) is 0 Å². The topological polar surface area (TPSA) is 117 Å². The molecule has 0 spiro atoms. The van der Waals surface area contributed by atoms with E-state index in [1.807, 2.05) is 6.92 Å². The van der Waals surface area contributed by atoms with Crippen LogP contribution in [-0.2, 0) is 20.9 Å². The lowest BCUT2D eigenvalue weighted by molar-refractivity contribution is -0.121. The van der Waals surface area contributed by atoms with Gasteiger partial charge in [0, 0.05) is 32.0 Å². The van der Waals surface area contributed by atoms with Gasteiger partial charge >= 0.3 is 0 Å².